The minimum atomic E-state index is -0.436. The summed E-state index contributed by atoms with van der Waals surface area (Å²) < 4.78 is 0. The van der Waals surface area contributed by atoms with Crippen molar-refractivity contribution in [3.63, 3.8) is 0 Å². The smallest absolute Gasteiger partial charge is 0.315 e. The number of nitrogens with one attached hydrogen (secondary N) is 3. The summed E-state index contributed by atoms with van der Waals surface area (Å²) in [4.78, 5) is 23.5. The molecule has 0 aromatic heterocycles. The number of carbonyl (C=O) groups is 2. The molecule has 0 heterocycles. The van der Waals surface area contributed by atoms with Crippen LogP contribution in [-0.2, 0) is 11.2 Å². The van der Waals surface area contributed by atoms with Gasteiger partial charge in [0.25, 0.3) is 0 Å². The summed E-state index contributed by atoms with van der Waals surface area (Å²) in [6, 6.07) is 11.7. The van der Waals surface area contributed by atoms with Gasteiger partial charge in [0.15, 0.2) is 0 Å². The lowest BCUT2D eigenvalue weighted by Crippen LogP contribution is -2.40. The van der Waals surface area contributed by atoms with Crippen molar-refractivity contribution in [1.82, 2.24) is 10.6 Å². The van der Waals surface area contributed by atoms with E-state index in [0.717, 1.165) is 5.56 Å². The highest BCUT2D eigenvalue weighted by molar-refractivity contribution is 6.35. The van der Waals surface area contributed by atoms with E-state index in [4.69, 9.17) is 34.8 Å². The molecule has 3 N–H and O–H groups in total. The zero-order valence-electron chi connectivity index (χ0n) is 13.1. The topological polar surface area (TPSA) is 70.2 Å². The third-order valence-electron chi connectivity index (χ3n) is 3.20. The van der Waals surface area contributed by atoms with Gasteiger partial charge in [-0.1, -0.05) is 46.9 Å². The Labute approximate surface area is 160 Å². The molecule has 5 nitrogen and oxygen atoms in total. The van der Waals surface area contributed by atoms with E-state index >= 15 is 0 Å². The fraction of sp³-hybridized carbons (Fsp3) is 0.176. The number of hydrogen-bond donors (Lipinski definition) is 3. The molecular formula is C17H16Cl3N3O2. The molecule has 0 spiro atoms. The summed E-state index contributed by atoms with van der Waals surface area (Å²) in [7, 11) is 0. The molecule has 3 amide bonds. The van der Waals surface area contributed by atoms with Crippen LogP contribution in [0.3, 0.4) is 0 Å². The third kappa shape index (κ3) is 6.82. The second-order valence-electron chi connectivity index (χ2n) is 5.16. The monoisotopic (exact) mass is 399 g/mol. The Hall–Kier alpha value is -1.95. The van der Waals surface area contributed by atoms with E-state index in [2.05, 4.69) is 16.0 Å². The number of halogens is 3. The predicted octanol–water partition coefficient (Wildman–Crippen LogP) is 4.13. The Morgan fingerprint density at radius 3 is 2.44 bits per heavy atom. The Bertz CT molecular complexity index is 769. The Kier molecular flexibility index (Phi) is 7.37. The molecule has 2 aromatic carbocycles. The first kappa shape index (κ1) is 19.4. The van der Waals surface area contributed by atoms with Gasteiger partial charge in [-0.25, -0.2) is 4.79 Å². The summed E-state index contributed by atoms with van der Waals surface area (Å²) >= 11 is 17.7. The number of rotatable bonds is 6. The summed E-state index contributed by atoms with van der Waals surface area (Å²) in [6.07, 6.45) is 0.637. The van der Waals surface area contributed by atoms with Gasteiger partial charge in [-0.3, -0.25) is 4.79 Å². The van der Waals surface area contributed by atoms with E-state index in [1.54, 1.807) is 18.2 Å². The maximum absolute atomic E-state index is 11.8. The van der Waals surface area contributed by atoms with Crippen LogP contribution in [0.15, 0.2) is 42.5 Å². The highest BCUT2D eigenvalue weighted by atomic mass is 35.5. The molecule has 2 aromatic rings. The SMILES string of the molecule is O=C(CNC(=O)NCCc1cccc(Cl)c1)Nc1cc(Cl)ccc1Cl. The van der Waals surface area contributed by atoms with Crippen LogP contribution in [0.4, 0.5) is 10.5 Å². The van der Waals surface area contributed by atoms with Crippen molar-refractivity contribution in [2.45, 2.75) is 6.42 Å². The number of urea groups is 1. The van der Waals surface area contributed by atoms with E-state index in [9.17, 15) is 9.59 Å². The van der Waals surface area contributed by atoms with Crippen LogP contribution in [0.1, 0.15) is 5.56 Å². The molecule has 0 aliphatic carbocycles. The normalized spacial score (nSPS) is 10.2. The highest BCUT2D eigenvalue weighted by Gasteiger charge is 2.08. The molecule has 132 valence electrons. The van der Waals surface area contributed by atoms with Crippen LogP contribution >= 0.6 is 34.8 Å². The number of amides is 3. The number of anilines is 1. The van der Waals surface area contributed by atoms with Crippen molar-refractivity contribution in [3.8, 4) is 0 Å². The zero-order chi connectivity index (χ0) is 18.2. The van der Waals surface area contributed by atoms with E-state index in [1.165, 1.54) is 6.07 Å². The average Bonchev–Trinajstić information content (AvgIpc) is 2.56. The maximum Gasteiger partial charge on any atom is 0.315 e. The number of hydrogen-bond acceptors (Lipinski definition) is 2. The number of benzene rings is 2. The van der Waals surface area contributed by atoms with Crippen LogP contribution in [0.25, 0.3) is 0 Å². The predicted molar refractivity (Wildman–Crippen MR) is 102 cm³/mol. The summed E-state index contributed by atoms with van der Waals surface area (Å²) in [5.41, 5.74) is 1.41. The van der Waals surface area contributed by atoms with Gasteiger partial charge in [-0.15, -0.1) is 0 Å². The fourth-order valence-electron chi connectivity index (χ4n) is 2.02. The minimum absolute atomic E-state index is 0.189. The molecule has 0 saturated carbocycles. The second-order valence-corrected chi connectivity index (χ2v) is 6.44. The molecule has 8 heteroatoms. The first-order chi connectivity index (χ1) is 11.9. The van der Waals surface area contributed by atoms with Crippen molar-refractivity contribution in [2.24, 2.45) is 0 Å². The molecule has 0 fully saturated rings. The van der Waals surface area contributed by atoms with E-state index in [0.29, 0.717) is 33.7 Å². The van der Waals surface area contributed by atoms with Crippen molar-refractivity contribution in [1.29, 1.82) is 0 Å². The Morgan fingerprint density at radius 1 is 0.920 bits per heavy atom. The Morgan fingerprint density at radius 2 is 1.68 bits per heavy atom. The van der Waals surface area contributed by atoms with Crippen molar-refractivity contribution in [2.75, 3.05) is 18.4 Å². The minimum Gasteiger partial charge on any atom is -0.338 e. The molecule has 0 aliphatic rings. The maximum atomic E-state index is 11.8. The van der Waals surface area contributed by atoms with Crippen LogP contribution in [0, 0.1) is 0 Å². The van der Waals surface area contributed by atoms with Crippen LogP contribution in [-0.4, -0.2) is 25.0 Å². The zero-order valence-corrected chi connectivity index (χ0v) is 15.4. The van der Waals surface area contributed by atoms with E-state index in [1.807, 2.05) is 18.2 Å². The Balaban J connectivity index is 1.70. The van der Waals surface area contributed by atoms with Gasteiger partial charge in [-0.05, 0) is 42.3 Å². The van der Waals surface area contributed by atoms with Crippen molar-refractivity contribution >= 4 is 52.4 Å². The van der Waals surface area contributed by atoms with Crippen molar-refractivity contribution < 1.29 is 9.59 Å². The summed E-state index contributed by atoms with van der Waals surface area (Å²) in [5.74, 6) is -0.408. The molecule has 0 unspecified atom stereocenters. The number of carbonyl (C=O) groups excluding carboxylic acids is 2. The molecular weight excluding hydrogens is 385 g/mol. The lowest BCUT2D eigenvalue weighted by atomic mass is 10.1. The third-order valence-corrected chi connectivity index (χ3v) is 4.00. The van der Waals surface area contributed by atoms with Crippen LogP contribution in [0.5, 0.6) is 0 Å². The molecule has 0 aliphatic heterocycles. The van der Waals surface area contributed by atoms with Gasteiger partial charge in [0.2, 0.25) is 5.91 Å². The first-order valence-corrected chi connectivity index (χ1v) is 8.58. The molecule has 0 saturated heterocycles. The lowest BCUT2D eigenvalue weighted by Gasteiger charge is -2.10. The van der Waals surface area contributed by atoms with Crippen molar-refractivity contribution in [3.05, 3.63) is 63.1 Å². The van der Waals surface area contributed by atoms with E-state index in [-0.39, 0.29) is 6.54 Å². The van der Waals surface area contributed by atoms with Gasteiger partial charge < -0.3 is 16.0 Å². The lowest BCUT2D eigenvalue weighted by molar-refractivity contribution is -0.115. The van der Waals surface area contributed by atoms with Crippen LogP contribution in [0.2, 0.25) is 15.1 Å². The van der Waals surface area contributed by atoms with Gasteiger partial charge in [-0.2, -0.15) is 0 Å². The summed E-state index contributed by atoms with van der Waals surface area (Å²) in [6.45, 7) is 0.236. The van der Waals surface area contributed by atoms with Gasteiger partial charge >= 0.3 is 6.03 Å². The average molecular weight is 401 g/mol. The van der Waals surface area contributed by atoms with Gasteiger partial charge in [0.1, 0.15) is 0 Å². The first-order valence-electron chi connectivity index (χ1n) is 7.45. The quantitative estimate of drug-likeness (QED) is 0.682. The van der Waals surface area contributed by atoms with Gasteiger partial charge in [0.05, 0.1) is 17.3 Å². The molecule has 0 atom stereocenters. The fourth-order valence-corrected chi connectivity index (χ4v) is 2.57. The molecule has 25 heavy (non-hydrogen) atoms. The molecule has 0 bridgehead atoms. The summed E-state index contributed by atoms with van der Waals surface area (Å²) in [5, 5.41) is 9.19. The van der Waals surface area contributed by atoms with Crippen LogP contribution < -0.4 is 16.0 Å². The highest BCUT2D eigenvalue weighted by Crippen LogP contribution is 2.25. The largest absolute Gasteiger partial charge is 0.338 e. The standard InChI is InChI=1S/C17H16Cl3N3O2/c18-12-3-1-2-11(8-12)6-7-21-17(25)22-10-16(24)23-15-9-13(19)4-5-14(15)20/h1-5,8-9H,6-7,10H2,(H,23,24)(H2,21,22,25). The molecule has 2 rings (SSSR count). The molecule has 0 radical (unpaired) electrons. The second kappa shape index (κ2) is 9.51. The van der Waals surface area contributed by atoms with Gasteiger partial charge in [0, 0.05) is 16.6 Å². The van der Waals surface area contributed by atoms with E-state index < -0.39 is 11.9 Å².